The Morgan fingerprint density at radius 3 is 2.79 bits per heavy atom. The van der Waals surface area contributed by atoms with E-state index in [2.05, 4.69) is 37.0 Å². The number of aromatic nitrogens is 2. The van der Waals surface area contributed by atoms with Crippen molar-refractivity contribution in [2.24, 2.45) is 5.10 Å². The van der Waals surface area contributed by atoms with Crippen molar-refractivity contribution < 1.29 is 14.3 Å². The van der Waals surface area contributed by atoms with Gasteiger partial charge in [-0.15, -0.1) is 0 Å². The molecular weight excluding hydrogens is 446 g/mol. The highest BCUT2D eigenvalue weighted by Crippen LogP contribution is 2.35. The number of carbonyl (C=O) groups is 2. The van der Waals surface area contributed by atoms with E-state index in [-0.39, 0.29) is 11.9 Å². The van der Waals surface area contributed by atoms with Crippen LogP contribution in [0.4, 0.5) is 4.79 Å². The highest BCUT2D eigenvalue weighted by atomic mass is 35.5. The van der Waals surface area contributed by atoms with Crippen molar-refractivity contribution in [1.29, 1.82) is 5.26 Å². The highest BCUT2D eigenvalue weighted by molar-refractivity contribution is 6.35. The molecule has 1 saturated heterocycles. The van der Waals surface area contributed by atoms with Crippen LogP contribution in [0.2, 0.25) is 5.02 Å². The second-order valence-corrected chi connectivity index (χ2v) is 8.78. The summed E-state index contributed by atoms with van der Waals surface area (Å²) in [7, 11) is 0. The molecule has 10 nitrogen and oxygen atoms in total. The third-order valence-corrected chi connectivity index (χ3v) is 6.16. The number of ether oxygens (including phenoxy) is 1. The fourth-order valence-electron chi connectivity index (χ4n) is 4.24. The van der Waals surface area contributed by atoms with Crippen LogP contribution in [0.15, 0.2) is 29.4 Å². The molecule has 33 heavy (non-hydrogen) atoms. The number of carbonyl (C=O) groups excluding carboxylic acids is 2. The van der Waals surface area contributed by atoms with Crippen molar-refractivity contribution in [1.82, 2.24) is 25.8 Å². The van der Waals surface area contributed by atoms with Gasteiger partial charge >= 0.3 is 6.09 Å². The van der Waals surface area contributed by atoms with Crippen molar-refractivity contribution in [2.75, 3.05) is 19.6 Å². The van der Waals surface area contributed by atoms with E-state index < -0.39 is 11.7 Å². The van der Waals surface area contributed by atoms with Crippen LogP contribution in [-0.4, -0.2) is 64.1 Å². The quantitative estimate of drug-likeness (QED) is 0.615. The van der Waals surface area contributed by atoms with E-state index in [1.165, 1.54) is 0 Å². The SMILES string of the molecule is Cc1cc(C(=O)N[C@@H](C)CN2CCC3(CC2)OC(=O)NN=C3c2ccc(C#N)cc2Cl)n[nH]1. The van der Waals surface area contributed by atoms with E-state index >= 15 is 0 Å². The van der Waals surface area contributed by atoms with Crippen molar-refractivity contribution in [3.8, 4) is 6.07 Å². The van der Waals surface area contributed by atoms with Crippen LogP contribution in [0.1, 0.15) is 47.1 Å². The number of H-pyrrole nitrogens is 1. The number of benzene rings is 1. The molecule has 0 bridgehead atoms. The number of nitriles is 1. The Labute approximate surface area is 195 Å². The molecule has 0 unspecified atom stereocenters. The van der Waals surface area contributed by atoms with E-state index in [1.807, 2.05) is 13.8 Å². The molecule has 1 fully saturated rings. The van der Waals surface area contributed by atoms with Crippen LogP contribution >= 0.6 is 11.6 Å². The topological polar surface area (TPSA) is 136 Å². The summed E-state index contributed by atoms with van der Waals surface area (Å²) in [6, 6.07) is 8.62. The highest BCUT2D eigenvalue weighted by Gasteiger charge is 2.46. The van der Waals surface area contributed by atoms with Gasteiger partial charge in [-0.1, -0.05) is 17.7 Å². The van der Waals surface area contributed by atoms with Crippen LogP contribution in [0.25, 0.3) is 0 Å². The first-order chi connectivity index (χ1) is 15.8. The van der Waals surface area contributed by atoms with Crippen LogP contribution in [0, 0.1) is 18.3 Å². The van der Waals surface area contributed by atoms with Gasteiger partial charge in [-0.3, -0.25) is 9.89 Å². The number of aromatic amines is 1. The summed E-state index contributed by atoms with van der Waals surface area (Å²) in [5.41, 5.74) is 4.26. The summed E-state index contributed by atoms with van der Waals surface area (Å²) in [5.74, 6) is -0.225. The number of rotatable bonds is 5. The van der Waals surface area contributed by atoms with Gasteiger partial charge in [0.2, 0.25) is 0 Å². The third-order valence-electron chi connectivity index (χ3n) is 5.84. The van der Waals surface area contributed by atoms with E-state index in [0.29, 0.717) is 60.0 Å². The van der Waals surface area contributed by atoms with Gasteiger partial charge in [0.05, 0.1) is 16.7 Å². The molecule has 172 valence electrons. The largest absolute Gasteiger partial charge is 0.435 e. The monoisotopic (exact) mass is 469 g/mol. The first kappa shape index (κ1) is 22.8. The molecule has 2 aliphatic heterocycles. The second kappa shape index (κ2) is 9.21. The fraction of sp³-hybridized carbons (Fsp3) is 0.409. The van der Waals surface area contributed by atoms with E-state index in [9.17, 15) is 9.59 Å². The Bertz CT molecular complexity index is 1150. The van der Waals surface area contributed by atoms with Crippen LogP contribution in [0.5, 0.6) is 0 Å². The molecular formula is C22H24ClN7O3. The first-order valence-corrected chi connectivity index (χ1v) is 11.0. The van der Waals surface area contributed by atoms with Gasteiger partial charge in [-0.25, -0.2) is 10.2 Å². The zero-order chi connectivity index (χ0) is 23.6. The van der Waals surface area contributed by atoms with Gasteiger partial charge in [0.25, 0.3) is 5.91 Å². The standard InChI is InChI=1S/C22H24ClN7O3/c1-13-9-18(27-26-13)20(31)25-14(2)12-30-7-5-22(6-8-30)19(28-29-21(32)33-22)16-4-3-15(11-24)10-17(16)23/h3-4,9-10,14H,5-8,12H2,1-2H3,(H,25,31)(H,26,27)(H,29,32)/t14-/m0/s1. The lowest BCUT2D eigenvalue weighted by molar-refractivity contribution is 0.00488. The van der Waals surface area contributed by atoms with E-state index in [1.54, 1.807) is 24.3 Å². The summed E-state index contributed by atoms with van der Waals surface area (Å²) >= 11 is 6.42. The van der Waals surface area contributed by atoms with Gasteiger partial charge in [0.15, 0.2) is 5.60 Å². The Hall–Kier alpha value is -3.42. The van der Waals surface area contributed by atoms with Crippen LogP contribution < -0.4 is 10.7 Å². The number of halogens is 1. The molecule has 2 aromatic rings. The van der Waals surface area contributed by atoms with Gasteiger partial charge in [0.1, 0.15) is 11.4 Å². The zero-order valence-electron chi connectivity index (χ0n) is 18.3. The lowest BCUT2D eigenvalue weighted by Crippen LogP contribution is -2.57. The molecule has 0 saturated carbocycles. The maximum Gasteiger partial charge on any atom is 0.428 e. The minimum atomic E-state index is -0.907. The maximum absolute atomic E-state index is 12.3. The first-order valence-electron chi connectivity index (χ1n) is 10.6. The Kier molecular flexibility index (Phi) is 6.35. The van der Waals surface area contributed by atoms with Crippen molar-refractivity contribution in [3.05, 3.63) is 51.8 Å². The maximum atomic E-state index is 12.3. The molecule has 2 aliphatic rings. The normalized spacial score (nSPS) is 18.6. The molecule has 2 amide bonds. The Morgan fingerprint density at radius 2 is 2.15 bits per heavy atom. The second-order valence-electron chi connectivity index (χ2n) is 8.37. The minimum absolute atomic E-state index is 0.0970. The molecule has 0 aliphatic carbocycles. The number of hydrogen-bond acceptors (Lipinski definition) is 7. The smallest absolute Gasteiger partial charge is 0.428 e. The number of piperidine rings is 1. The molecule has 3 heterocycles. The fourth-order valence-corrected chi connectivity index (χ4v) is 4.51. The predicted molar refractivity (Wildman–Crippen MR) is 121 cm³/mol. The van der Waals surface area contributed by atoms with Gasteiger partial charge in [-0.05, 0) is 32.0 Å². The van der Waals surface area contributed by atoms with Crippen molar-refractivity contribution in [3.63, 3.8) is 0 Å². The lowest BCUT2D eigenvalue weighted by atomic mass is 9.82. The van der Waals surface area contributed by atoms with Gasteiger partial charge < -0.3 is 15.0 Å². The number of nitrogens with zero attached hydrogens (tertiary/aromatic N) is 4. The summed E-state index contributed by atoms with van der Waals surface area (Å²) in [6.45, 7) is 5.70. The number of nitrogens with one attached hydrogen (secondary N) is 3. The number of hydrogen-bond donors (Lipinski definition) is 3. The van der Waals surface area contributed by atoms with E-state index in [4.69, 9.17) is 21.6 Å². The predicted octanol–water partition coefficient (Wildman–Crippen LogP) is 2.34. The van der Waals surface area contributed by atoms with Crippen molar-refractivity contribution in [2.45, 2.75) is 38.3 Å². The lowest BCUT2D eigenvalue weighted by Gasteiger charge is -2.43. The van der Waals surface area contributed by atoms with Gasteiger partial charge in [-0.2, -0.15) is 15.5 Å². The number of amides is 2. The molecule has 1 atom stereocenters. The molecule has 1 aromatic carbocycles. The average Bonchev–Trinajstić information content (AvgIpc) is 3.22. The molecule has 4 rings (SSSR count). The summed E-state index contributed by atoms with van der Waals surface area (Å²) < 4.78 is 5.76. The zero-order valence-corrected chi connectivity index (χ0v) is 19.1. The Morgan fingerprint density at radius 1 is 1.39 bits per heavy atom. The average molecular weight is 470 g/mol. The summed E-state index contributed by atoms with van der Waals surface area (Å²) in [6.07, 6.45) is 0.441. The summed E-state index contributed by atoms with van der Waals surface area (Å²) in [4.78, 5) is 26.6. The Balaban J connectivity index is 1.42. The van der Waals surface area contributed by atoms with Crippen LogP contribution in [-0.2, 0) is 4.74 Å². The molecule has 1 aromatic heterocycles. The number of likely N-dealkylation sites (tertiary alicyclic amines) is 1. The minimum Gasteiger partial charge on any atom is -0.435 e. The number of aryl methyl sites for hydroxylation is 1. The molecule has 11 heteroatoms. The van der Waals surface area contributed by atoms with Crippen molar-refractivity contribution >= 4 is 29.3 Å². The van der Waals surface area contributed by atoms with E-state index in [0.717, 1.165) is 5.69 Å². The number of hydrazone groups is 1. The molecule has 0 radical (unpaired) electrons. The van der Waals surface area contributed by atoms with Gasteiger partial charge in [0, 0.05) is 49.8 Å². The third kappa shape index (κ3) is 4.84. The van der Waals surface area contributed by atoms with Crippen LogP contribution in [0.3, 0.4) is 0 Å². The molecule has 3 N–H and O–H groups in total. The molecule has 1 spiro atoms. The summed E-state index contributed by atoms with van der Waals surface area (Å²) in [5, 5.41) is 23.5.